The molecule has 2 saturated heterocycles. The van der Waals surface area contributed by atoms with E-state index in [1.807, 2.05) is 0 Å². The molecule has 17 heavy (non-hydrogen) atoms. The van der Waals surface area contributed by atoms with Crippen molar-refractivity contribution in [2.45, 2.75) is 38.4 Å². The van der Waals surface area contributed by atoms with Crippen LogP contribution in [0.4, 0.5) is 5.13 Å². The van der Waals surface area contributed by atoms with Gasteiger partial charge in [-0.2, -0.15) is 0 Å². The first-order valence-electron chi connectivity index (χ1n) is 6.40. The van der Waals surface area contributed by atoms with Crippen LogP contribution in [0, 0.1) is 0 Å². The minimum Gasteiger partial charge on any atom is -0.375 e. The van der Waals surface area contributed by atoms with Gasteiger partial charge in [-0.05, 0) is 26.3 Å². The summed E-state index contributed by atoms with van der Waals surface area (Å²) in [5.41, 5.74) is 6.81. The number of piperazine rings is 1. The third kappa shape index (κ3) is 2.32. The first-order chi connectivity index (χ1) is 8.22. The number of nitrogens with zero attached hydrogens (tertiary/aromatic N) is 3. The van der Waals surface area contributed by atoms with Gasteiger partial charge in [-0.15, -0.1) is 11.3 Å². The lowest BCUT2D eigenvalue weighted by Crippen LogP contribution is -2.54. The zero-order valence-corrected chi connectivity index (χ0v) is 11.1. The Morgan fingerprint density at radius 2 is 2.41 bits per heavy atom. The van der Waals surface area contributed by atoms with Crippen molar-refractivity contribution < 1.29 is 0 Å². The summed E-state index contributed by atoms with van der Waals surface area (Å²) in [7, 11) is 0. The highest BCUT2D eigenvalue weighted by atomic mass is 32.1. The van der Waals surface area contributed by atoms with Crippen LogP contribution in [0.25, 0.3) is 0 Å². The fourth-order valence-electron chi connectivity index (χ4n) is 3.07. The molecule has 94 valence electrons. The normalized spacial score (nSPS) is 30.6. The number of thiazole rings is 1. The number of hydrogen-bond acceptors (Lipinski definition) is 5. The fraction of sp³-hybridized carbons (Fsp3) is 0.750. The highest BCUT2D eigenvalue weighted by Gasteiger charge is 2.34. The second-order valence-corrected chi connectivity index (χ2v) is 6.14. The molecule has 0 radical (unpaired) electrons. The Kier molecular flexibility index (Phi) is 3.06. The van der Waals surface area contributed by atoms with Gasteiger partial charge in [-0.25, -0.2) is 4.98 Å². The van der Waals surface area contributed by atoms with E-state index in [0.717, 1.165) is 18.3 Å². The second kappa shape index (κ2) is 4.55. The zero-order valence-electron chi connectivity index (χ0n) is 10.3. The van der Waals surface area contributed by atoms with Crippen molar-refractivity contribution in [2.24, 2.45) is 0 Å². The Hall–Kier alpha value is -0.650. The van der Waals surface area contributed by atoms with Gasteiger partial charge in [0.2, 0.25) is 0 Å². The van der Waals surface area contributed by atoms with Gasteiger partial charge in [-0.3, -0.25) is 9.80 Å². The van der Waals surface area contributed by atoms with Gasteiger partial charge in [0.25, 0.3) is 0 Å². The molecule has 2 fully saturated rings. The van der Waals surface area contributed by atoms with Crippen LogP contribution in [0.1, 0.15) is 25.5 Å². The smallest absolute Gasteiger partial charge is 0.180 e. The molecule has 0 bridgehead atoms. The van der Waals surface area contributed by atoms with Crippen molar-refractivity contribution in [1.29, 1.82) is 0 Å². The summed E-state index contributed by atoms with van der Waals surface area (Å²) in [5, 5.41) is 2.77. The highest BCUT2D eigenvalue weighted by molar-refractivity contribution is 7.13. The maximum absolute atomic E-state index is 5.68. The molecule has 3 rings (SSSR count). The lowest BCUT2D eigenvalue weighted by atomic mass is 10.1. The van der Waals surface area contributed by atoms with Gasteiger partial charge in [-0.1, -0.05) is 0 Å². The van der Waals surface area contributed by atoms with Crippen LogP contribution in [0.3, 0.4) is 0 Å². The van der Waals surface area contributed by atoms with E-state index in [1.54, 1.807) is 11.3 Å². The third-order valence-corrected chi connectivity index (χ3v) is 4.72. The van der Waals surface area contributed by atoms with E-state index in [-0.39, 0.29) is 0 Å². The summed E-state index contributed by atoms with van der Waals surface area (Å²) in [4.78, 5) is 9.57. The molecule has 2 N–H and O–H groups in total. The summed E-state index contributed by atoms with van der Waals surface area (Å²) in [6, 6.07) is 1.41. The SMILES string of the molecule is CC1CN2CCCC2CN1Cc1csc(N)n1. The highest BCUT2D eigenvalue weighted by Crippen LogP contribution is 2.26. The molecule has 2 atom stereocenters. The zero-order chi connectivity index (χ0) is 11.8. The van der Waals surface area contributed by atoms with E-state index >= 15 is 0 Å². The number of anilines is 1. The van der Waals surface area contributed by atoms with E-state index in [0.29, 0.717) is 11.2 Å². The number of fused-ring (bicyclic) bond motifs is 1. The number of hydrogen-bond donors (Lipinski definition) is 1. The largest absolute Gasteiger partial charge is 0.375 e. The summed E-state index contributed by atoms with van der Waals surface area (Å²) in [5.74, 6) is 0. The van der Waals surface area contributed by atoms with Crippen LogP contribution in [-0.2, 0) is 6.54 Å². The lowest BCUT2D eigenvalue weighted by Gasteiger charge is -2.42. The Labute approximate surface area is 106 Å². The van der Waals surface area contributed by atoms with Crippen molar-refractivity contribution in [1.82, 2.24) is 14.8 Å². The van der Waals surface area contributed by atoms with E-state index in [9.17, 15) is 0 Å². The van der Waals surface area contributed by atoms with Crippen molar-refractivity contribution >= 4 is 16.5 Å². The van der Waals surface area contributed by atoms with Crippen molar-refractivity contribution in [3.8, 4) is 0 Å². The molecule has 5 heteroatoms. The van der Waals surface area contributed by atoms with Crippen LogP contribution in [0.2, 0.25) is 0 Å². The molecule has 0 saturated carbocycles. The summed E-state index contributed by atoms with van der Waals surface area (Å²) in [6.07, 6.45) is 2.73. The van der Waals surface area contributed by atoms with Crippen LogP contribution >= 0.6 is 11.3 Å². The first-order valence-corrected chi connectivity index (χ1v) is 7.28. The molecular formula is C12H20N4S. The minimum absolute atomic E-state index is 0.632. The molecule has 0 spiro atoms. The Balaban J connectivity index is 1.66. The molecule has 2 aliphatic heterocycles. The van der Waals surface area contributed by atoms with Gasteiger partial charge in [0.1, 0.15) is 0 Å². The van der Waals surface area contributed by atoms with Crippen molar-refractivity contribution in [3.63, 3.8) is 0 Å². The number of aromatic nitrogens is 1. The quantitative estimate of drug-likeness (QED) is 0.864. The standard InChI is InChI=1S/C12H20N4S/c1-9-5-15-4-2-3-11(15)7-16(9)6-10-8-17-12(13)14-10/h8-9,11H,2-7H2,1H3,(H2,13,14). The van der Waals surface area contributed by atoms with Gasteiger partial charge in [0.05, 0.1) is 5.69 Å². The maximum atomic E-state index is 5.68. The van der Waals surface area contributed by atoms with Crippen molar-refractivity contribution in [3.05, 3.63) is 11.1 Å². The average Bonchev–Trinajstić information content (AvgIpc) is 2.88. The fourth-order valence-corrected chi connectivity index (χ4v) is 3.63. The predicted octanol–water partition coefficient (Wildman–Crippen LogP) is 1.39. The summed E-state index contributed by atoms with van der Waals surface area (Å²) in [6.45, 7) is 6.98. The second-order valence-electron chi connectivity index (χ2n) is 5.25. The van der Waals surface area contributed by atoms with Crippen LogP contribution in [0.15, 0.2) is 5.38 Å². The molecule has 2 aliphatic rings. The summed E-state index contributed by atoms with van der Waals surface area (Å²) < 4.78 is 0. The van der Waals surface area contributed by atoms with Crippen molar-refractivity contribution in [2.75, 3.05) is 25.4 Å². The first kappa shape index (κ1) is 11.4. The average molecular weight is 252 g/mol. The minimum atomic E-state index is 0.632. The van der Waals surface area contributed by atoms with Gasteiger partial charge < -0.3 is 5.73 Å². The molecule has 3 heterocycles. The molecular weight excluding hydrogens is 232 g/mol. The molecule has 1 aromatic rings. The predicted molar refractivity (Wildman–Crippen MR) is 71.0 cm³/mol. The molecule has 2 unspecified atom stereocenters. The third-order valence-electron chi connectivity index (χ3n) is 4.00. The monoisotopic (exact) mass is 252 g/mol. The van der Waals surface area contributed by atoms with E-state index in [2.05, 4.69) is 27.1 Å². The van der Waals surface area contributed by atoms with E-state index < -0.39 is 0 Å². The molecule has 0 amide bonds. The Morgan fingerprint density at radius 3 is 3.18 bits per heavy atom. The molecule has 0 aliphatic carbocycles. The van der Waals surface area contributed by atoms with E-state index in [1.165, 1.54) is 32.5 Å². The summed E-state index contributed by atoms with van der Waals surface area (Å²) >= 11 is 1.54. The molecule has 1 aromatic heterocycles. The molecule has 4 nitrogen and oxygen atoms in total. The van der Waals surface area contributed by atoms with Gasteiger partial charge >= 0.3 is 0 Å². The van der Waals surface area contributed by atoms with Gasteiger partial charge in [0.15, 0.2) is 5.13 Å². The lowest BCUT2D eigenvalue weighted by molar-refractivity contribution is 0.0533. The molecule has 0 aromatic carbocycles. The maximum Gasteiger partial charge on any atom is 0.180 e. The number of nitrogens with two attached hydrogens (primary N) is 1. The topological polar surface area (TPSA) is 45.4 Å². The number of nitrogen functional groups attached to an aromatic ring is 1. The Morgan fingerprint density at radius 1 is 1.53 bits per heavy atom. The van der Waals surface area contributed by atoms with Crippen LogP contribution < -0.4 is 5.73 Å². The van der Waals surface area contributed by atoms with Crippen LogP contribution in [0.5, 0.6) is 0 Å². The Bertz CT molecular complexity index is 392. The van der Waals surface area contributed by atoms with Gasteiger partial charge in [0, 0.05) is 37.1 Å². The van der Waals surface area contributed by atoms with E-state index in [4.69, 9.17) is 5.73 Å². The van der Waals surface area contributed by atoms with Crippen LogP contribution in [-0.4, -0.2) is 46.5 Å². The number of rotatable bonds is 2.